The smallest absolute Gasteiger partial charge is 0.251 e. The molecular formula is C31H34FN5O2S. The number of pyridine rings is 3. The maximum Gasteiger partial charge on any atom is 0.251 e. The van der Waals surface area contributed by atoms with Crippen LogP contribution < -0.4 is 10.2 Å². The molecule has 3 aromatic heterocycles. The molecule has 40 heavy (non-hydrogen) atoms. The van der Waals surface area contributed by atoms with Gasteiger partial charge in [-0.15, -0.1) is 11.8 Å². The van der Waals surface area contributed by atoms with Crippen LogP contribution >= 0.6 is 11.8 Å². The molecule has 0 spiro atoms. The predicted octanol–water partition coefficient (Wildman–Crippen LogP) is 5.64. The van der Waals surface area contributed by atoms with Crippen LogP contribution in [0.25, 0.3) is 22.3 Å². The third kappa shape index (κ3) is 6.42. The highest BCUT2D eigenvalue weighted by atomic mass is 32.2. The average Bonchev–Trinajstić information content (AvgIpc) is 2.94. The Labute approximate surface area is 238 Å². The second kappa shape index (κ2) is 12.3. The highest BCUT2D eigenvalue weighted by molar-refractivity contribution is 7.99. The lowest BCUT2D eigenvalue weighted by atomic mass is 9.92. The van der Waals surface area contributed by atoms with E-state index in [4.69, 9.17) is 10.1 Å². The fourth-order valence-electron chi connectivity index (χ4n) is 5.25. The summed E-state index contributed by atoms with van der Waals surface area (Å²) in [6.45, 7) is 8.28. The number of halogens is 1. The SMILES string of the molecule is Cc1ccc(C(=O)NCc2cc3nc(-c4ccc(F)c(N5CC(C)CC(C)C5)n4)ccc3cn2)cc1SCCO. The Hall–Kier alpha value is -3.56. The molecule has 0 radical (unpaired) electrons. The van der Waals surface area contributed by atoms with Gasteiger partial charge in [-0.05, 0) is 73.2 Å². The van der Waals surface area contributed by atoms with Crippen molar-refractivity contribution in [1.82, 2.24) is 20.3 Å². The van der Waals surface area contributed by atoms with Crippen molar-refractivity contribution in [1.29, 1.82) is 0 Å². The summed E-state index contributed by atoms with van der Waals surface area (Å²) in [6, 6.07) is 14.4. The second-order valence-corrected chi connectivity index (χ2v) is 11.8. The fraction of sp³-hybridized carbons (Fsp3) is 0.355. The molecule has 9 heteroatoms. The summed E-state index contributed by atoms with van der Waals surface area (Å²) in [5.74, 6) is 1.41. The molecule has 5 rings (SSSR count). The van der Waals surface area contributed by atoms with E-state index in [1.165, 1.54) is 17.8 Å². The number of amides is 1. The van der Waals surface area contributed by atoms with E-state index in [2.05, 4.69) is 29.1 Å². The molecule has 1 amide bonds. The van der Waals surface area contributed by atoms with E-state index in [0.29, 0.717) is 46.1 Å². The first kappa shape index (κ1) is 28.0. The van der Waals surface area contributed by atoms with Gasteiger partial charge in [0, 0.05) is 40.9 Å². The lowest BCUT2D eigenvalue weighted by Crippen LogP contribution is -2.39. The maximum atomic E-state index is 14.8. The van der Waals surface area contributed by atoms with Crippen LogP contribution in [0.5, 0.6) is 0 Å². The molecule has 1 saturated heterocycles. The number of anilines is 1. The highest BCUT2D eigenvalue weighted by Gasteiger charge is 2.25. The minimum absolute atomic E-state index is 0.0826. The Kier molecular flexibility index (Phi) is 8.61. The van der Waals surface area contributed by atoms with Crippen LogP contribution in [0.2, 0.25) is 0 Å². The molecule has 2 atom stereocenters. The number of nitrogens with one attached hydrogen (secondary N) is 1. The van der Waals surface area contributed by atoms with Crippen LogP contribution in [0.1, 0.15) is 41.9 Å². The number of aliphatic hydroxyl groups is 1. The van der Waals surface area contributed by atoms with Gasteiger partial charge in [0.1, 0.15) is 0 Å². The molecule has 7 nitrogen and oxygen atoms in total. The van der Waals surface area contributed by atoms with Gasteiger partial charge in [0.2, 0.25) is 0 Å². The van der Waals surface area contributed by atoms with Crippen molar-refractivity contribution in [3.05, 3.63) is 77.4 Å². The van der Waals surface area contributed by atoms with Crippen molar-refractivity contribution in [3.63, 3.8) is 0 Å². The summed E-state index contributed by atoms with van der Waals surface area (Å²) in [6.07, 6.45) is 2.87. The van der Waals surface area contributed by atoms with E-state index < -0.39 is 0 Å². The lowest BCUT2D eigenvalue weighted by Gasteiger charge is -2.36. The molecule has 0 saturated carbocycles. The van der Waals surface area contributed by atoms with Crippen LogP contribution in [0, 0.1) is 24.6 Å². The Bertz CT molecular complexity index is 1520. The Morgan fingerprint density at radius 3 is 2.60 bits per heavy atom. The van der Waals surface area contributed by atoms with Gasteiger partial charge in [0.05, 0.1) is 35.8 Å². The van der Waals surface area contributed by atoms with Crippen molar-refractivity contribution in [2.45, 2.75) is 38.6 Å². The third-order valence-corrected chi connectivity index (χ3v) is 8.26. The Balaban J connectivity index is 1.33. The Morgan fingerprint density at radius 1 is 1.07 bits per heavy atom. The normalized spacial score (nSPS) is 17.3. The van der Waals surface area contributed by atoms with Gasteiger partial charge in [0.15, 0.2) is 11.6 Å². The monoisotopic (exact) mass is 559 g/mol. The minimum atomic E-state index is -0.319. The number of hydrogen-bond donors (Lipinski definition) is 2. The van der Waals surface area contributed by atoms with Gasteiger partial charge in [0.25, 0.3) is 5.91 Å². The van der Waals surface area contributed by atoms with Crippen LogP contribution in [-0.4, -0.2) is 51.4 Å². The molecule has 0 aliphatic carbocycles. The number of benzene rings is 1. The number of nitrogens with zero attached hydrogens (tertiary/aromatic N) is 4. The van der Waals surface area contributed by atoms with Crippen molar-refractivity contribution >= 4 is 34.4 Å². The summed E-state index contributed by atoms with van der Waals surface area (Å²) in [7, 11) is 0. The molecule has 1 aliphatic heterocycles. The van der Waals surface area contributed by atoms with Crippen molar-refractivity contribution in [3.8, 4) is 11.4 Å². The van der Waals surface area contributed by atoms with Gasteiger partial charge in [-0.25, -0.2) is 14.4 Å². The van der Waals surface area contributed by atoms with Gasteiger partial charge in [-0.3, -0.25) is 9.78 Å². The number of carbonyl (C=O) groups excluding carboxylic acids is 1. The van der Waals surface area contributed by atoms with Gasteiger partial charge >= 0.3 is 0 Å². The first-order valence-corrected chi connectivity index (χ1v) is 14.6. The zero-order valence-electron chi connectivity index (χ0n) is 23.0. The molecule has 1 aliphatic rings. The molecular weight excluding hydrogens is 525 g/mol. The number of carbonyl (C=O) groups is 1. The largest absolute Gasteiger partial charge is 0.396 e. The summed E-state index contributed by atoms with van der Waals surface area (Å²) in [5, 5.41) is 12.9. The summed E-state index contributed by atoms with van der Waals surface area (Å²) < 4.78 is 14.8. The minimum Gasteiger partial charge on any atom is -0.396 e. The molecule has 2 unspecified atom stereocenters. The predicted molar refractivity (Wildman–Crippen MR) is 158 cm³/mol. The molecule has 4 heterocycles. The molecule has 4 aromatic rings. The van der Waals surface area contributed by atoms with E-state index >= 15 is 0 Å². The second-order valence-electron chi connectivity index (χ2n) is 10.7. The number of aromatic nitrogens is 3. The number of rotatable bonds is 8. The summed E-state index contributed by atoms with van der Waals surface area (Å²) in [5.41, 5.74) is 4.30. The van der Waals surface area contributed by atoms with Crippen LogP contribution in [0.3, 0.4) is 0 Å². The summed E-state index contributed by atoms with van der Waals surface area (Å²) in [4.78, 5) is 29.8. The lowest BCUT2D eigenvalue weighted by molar-refractivity contribution is 0.0950. The number of piperidine rings is 1. The van der Waals surface area contributed by atoms with Gasteiger partial charge in [-0.2, -0.15) is 0 Å². The number of aryl methyl sites for hydroxylation is 1. The van der Waals surface area contributed by atoms with Crippen LogP contribution in [-0.2, 0) is 6.54 Å². The zero-order valence-corrected chi connectivity index (χ0v) is 23.8. The number of thioether (sulfide) groups is 1. The highest BCUT2D eigenvalue weighted by Crippen LogP contribution is 2.29. The number of fused-ring (bicyclic) bond motifs is 1. The molecule has 2 N–H and O–H groups in total. The average molecular weight is 560 g/mol. The number of aliphatic hydroxyl groups excluding tert-OH is 1. The Morgan fingerprint density at radius 2 is 1.82 bits per heavy atom. The van der Waals surface area contributed by atoms with Gasteiger partial charge < -0.3 is 15.3 Å². The van der Waals surface area contributed by atoms with Crippen LogP contribution in [0.15, 0.2) is 59.6 Å². The molecule has 0 bridgehead atoms. The quantitative estimate of drug-likeness (QED) is 0.270. The standard InChI is InChI=1S/C31H34FN5O2S/c1-19-12-20(2)18-37(17-19)30-25(32)7-9-27(36-30)26-8-6-23-15-33-24(14-28(23)35-26)16-34-31(39)22-5-4-21(3)29(13-22)40-11-10-38/h4-9,13-15,19-20,38H,10-12,16-18H2,1-3H3,(H,34,39). The third-order valence-electron chi connectivity index (χ3n) is 7.12. The van der Waals surface area contributed by atoms with Gasteiger partial charge in [-0.1, -0.05) is 19.9 Å². The molecule has 208 valence electrons. The number of hydrogen-bond acceptors (Lipinski definition) is 7. The van der Waals surface area contributed by atoms with E-state index in [1.807, 2.05) is 42.2 Å². The van der Waals surface area contributed by atoms with Crippen molar-refractivity contribution in [2.75, 3.05) is 30.3 Å². The summed E-state index contributed by atoms with van der Waals surface area (Å²) >= 11 is 1.52. The van der Waals surface area contributed by atoms with E-state index in [9.17, 15) is 9.18 Å². The molecule has 1 fully saturated rings. The maximum absolute atomic E-state index is 14.8. The van der Waals surface area contributed by atoms with E-state index in [1.54, 1.807) is 18.3 Å². The first-order chi connectivity index (χ1) is 19.3. The fourth-order valence-corrected chi connectivity index (χ4v) is 6.07. The van der Waals surface area contributed by atoms with Crippen molar-refractivity contribution in [2.24, 2.45) is 11.8 Å². The van der Waals surface area contributed by atoms with Crippen molar-refractivity contribution < 1.29 is 14.3 Å². The van der Waals surface area contributed by atoms with Crippen LogP contribution in [0.4, 0.5) is 10.2 Å². The van der Waals surface area contributed by atoms with E-state index in [0.717, 1.165) is 40.9 Å². The van der Waals surface area contributed by atoms with E-state index in [-0.39, 0.29) is 24.9 Å². The topological polar surface area (TPSA) is 91.2 Å². The zero-order chi connectivity index (χ0) is 28.2. The first-order valence-electron chi connectivity index (χ1n) is 13.6. The molecule has 1 aromatic carbocycles.